The number of phenolic OH excluding ortho intramolecular Hbond substituents is 2. The Hall–Kier alpha value is -5.45. The minimum Gasteiger partial charge on any atom is -0.508 e. The molecule has 0 radical (unpaired) electrons. The zero-order valence-corrected chi connectivity index (χ0v) is 77.3. The molecular weight excluding hydrogens is 1800 g/mol. The van der Waals surface area contributed by atoms with Crippen molar-refractivity contribution in [3.63, 3.8) is 0 Å². The molecule has 2 amide bonds. The van der Waals surface area contributed by atoms with Crippen molar-refractivity contribution in [2.45, 2.75) is 52.7 Å². The Morgan fingerprint density at radius 1 is 0.522 bits per heavy atom. The van der Waals surface area contributed by atoms with Crippen LogP contribution in [0.25, 0.3) is 42.3 Å². The summed E-state index contributed by atoms with van der Waals surface area (Å²) >= 11 is 14.2. The van der Waals surface area contributed by atoms with Gasteiger partial charge in [-0.2, -0.15) is 0 Å². The Balaban J connectivity index is 0. The minimum atomic E-state index is -1.46. The molecule has 0 aliphatic heterocycles. The molecule has 0 aliphatic rings. The van der Waals surface area contributed by atoms with Gasteiger partial charge < -0.3 is 80.2 Å². The molecular formula is C73H82BBr2Cl2F5K2N9O14S5+. The van der Waals surface area contributed by atoms with Crippen LogP contribution in [0.15, 0.2) is 231 Å². The van der Waals surface area contributed by atoms with E-state index in [0.717, 1.165) is 46.2 Å². The molecule has 0 atom stereocenters. The SMILES string of the molecule is Brc1nccs1.CC(C)(C)OC(=O)NCC(=CF)CBr.CC(C)(C)OC(=O)NCC(=CF)COc1ccc(-c2nccs2)cc1.Cl.Cl.NC/C(=C/F)COc1ccc(-c2nccs2)cc1.NC/C(=C\F)COc1ccc(-c2nccs2)cc1.OB(O)c1ccc(O)cc1.Oc1ccc(-c2nccs2)cc1.[2H]C(=O)OO[CH-]F.[K+].[K+]. The number of carbonyl (C=O) groups is 3. The van der Waals surface area contributed by atoms with E-state index in [1.165, 1.54) is 24.3 Å². The number of nitrogens with two attached hydrogens (primary N) is 2. The summed E-state index contributed by atoms with van der Waals surface area (Å²) in [5.41, 5.74) is 15.7. The fourth-order valence-corrected chi connectivity index (χ4v) is 10.8. The van der Waals surface area contributed by atoms with Gasteiger partial charge in [0, 0.05) is 128 Å². The molecule has 5 heterocycles. The zero-order valence-electron chi connectivity index (χ0n) is 63.2. The van der Waals surface area contributed by atoms with Crippen molar-refractivity contribution in [2.24, 2.45) is 11.5 Å². The number of thiazole rings is 5. The molecule has 0 saturated carbocycles. The second kappa shape index (κ2) is 64.6. The predicted molar refractivity (Wildman–Crippen MR) is 441 cm³/mol. The van der Waals surface area contributed by atoms with E-state index < -0.39 is 37.0 Å². The third-order valence-corrected chi connectivity index (χ3v) is 17.5. The molecule has 0 unspecified atom stereocenters. The Kier molecular flexibility index (Phi) is 61.5. The van der Waals surface area contributed by atoms with E-state index >= 15 is 0 Å². The summed E-state index contributed by atoms with van der Waals surface area (Å²) in [4.78, 5) is 59.2. The number of hydrogen-bond acceptors (Lipinski definition) is 26. The third-order valence-electron chi connectivity index (χ3n) is 12.2. The van der Waals surface area contributed by atoms with Crippen LogP contribution < -0.4 is 145 Å². The summed E-state index contributed by atoms with van der Waals surface area (Å²) < 4.78 is 93.5. The average molecular weight is 1890 g/mol. The van der Waals surface area contributed by atoms with Crippen LogP contribution in [0.2, 0.25) is 0 Å². The number of carbonyl (C=O) groups excluding carboxylic acids is 3. The van der Waals surface area contributed by atoms with Gasteiger partial charge in [-0.05, 0) is 185 Å². The summed E-state index contributed by atoms with van der Waals surface area (Å²) in [5, 5.41) is 53.8. The molecule has 0 fully saturated rings. The van der Waals surface area contributed by atoms with Crippen molar-refractivity contribution in [3.8, 4) is 71.0 Å². The molecule has 23 nitrogen and oxygen atoms in total. The maximum absolute atomic E-state index is 13.0. The minimum absolute atomic E-state index is 0. The number of phenols is 2. The summed E-state index contributed by atoms with van der Waals surface area (Å²) in [5.74, 6) is 2.38. The number of amides is 2. The quantitative estimate of drug-likeness (QED) is 0.00561. The van der Waals surface area contributed by atoms with E-state index in [4.69, 9.17) is 56.8 Å². The fraction of sp³-hybridized carbons (Fsp3) is 0.219. The van der Waals surface area contributed by atoms with Gasteiger partial charge in [-0.25, -0.2) is 52.1 Å². The standard InChI is InChI=1S/C18H21FN2O3S.2C13H13FN2OS.C9H15BrFNO2.C9H7NOS.C6H7BO3.C3H2BrNS.C2H2FO3.2ClH.2K/c1-18(2,3)24-17(22)21-11-13(10-19)12-23-15-6-4-14(5-7-15)16-20-8-9-25-16;2*14-7-10(8-15)9-17-12-3-1-11(2-4-12)13-16-5-6-18-13;1-9(2,3)14-8(13)12-6-7(4-10)5-11;11-8-3-1-7(2-4-8)9-10-5-6-12-9;8-6-3-1-5(2-4-6)7(9)10;4-3-5-1-2-6-3;3-1-5-6-2-4;;;;/h4-10H,11-12H2,1-3H3,(H,21,22);2*1-7H,8-9,15H2;5H,4,6H2,1-3H3,(H,12,13);1-6,11H;1-4,8-10H;2*1-2H;2*1H;;/q;;;;;;;-1;;;2*+1/b;10-7+;10-7-;;;;;;;;;/i;;;;;;;2D;;;;. The molecule has 5 aromatic heterocycles. The van der Waals surface area contributed by atoms with Crippen LogP contribution in [0, 0.1) is 6.86 Å². The number of benzene rings is 5. The normalized spacial score (nSPS) is 10.8. The first-order chi connectivity index (χ1) is 52.6. The van der Waals surface area contributed by atoms with E-state index in [9.17, 15) is 36.3 Å². The molecule has 40 heteroatoms. The van der Waals surface area contributed by atoms with Crippen LogP contribution in [0.1, 0.15) is 42.9 Å². The van der Waals surface area contributed by atoms with Gasteiger partial charge in [0.2, 0.25) is 0 Å². The van der Waals surface area contributed by atoms with E-state index in [2.05, 4.69) is 77.2 Å². The fourth-order valence-electron chi connectivity index (χ4n) is 7.07. The number of nitrogens with one attached hydrogen (secondary N) is 2. The maximum atomic E-state index is 13.0. The van der Waals surface area contributed by atoms with Crippen molar-refractivity contribution in [1.82, 2.24) is 35.6 Å². The second-order valence-corrected chi connectivity index (χ2v) is 29.1. The van der Waals surface area contributed by atoms with Gasteiger partial charge in [0.05, 0.1) is 25.3 Å². The van der Waals surface area contributed by atoms with Crippen LogP contribution in [0.3, 0.4) is 0 Å². The van der Waals surface area contributed by atoms with E-state index in [0.29, 0.717) is 75.7 Å². The van der Waals surface area contributed by atoms with Crippen molar-refractivity contribution in [2.75, 3.05) is 51.3 Å². The average Bonchev–Trinajstić information content (AvgIpc) is 1.59. The molecule has 0 spiro atoms. The number of halogens is 9. The maximum Gasteiger partial charge on any atom is 1.00 e. The van der Waals surface area contributed by atoms with Gasteiger partial charge in [-0.3, -0.25) is 4.79 Å². The third kappa shape index (κ3) is 50.7. The number of aromatic hydroxyl groups is 2. The summed E-state index contributed by atoms with van der Waals surface area (Å²) in [7, 11) is -1.46. The molecule has 5 aromatic carbocycles. The Labute approximate surface area is 788 Å². The topological polar surface area (TPSA) is 337 Å². The Morgan fingerprint density at radius 2 is 0.823 bits per heavy atom. The largest absolute Gasteiger partial charge is 1.00 e. The van der Waals surface area contributed by atoms with Gasteiger partial charge >= 0.3 is 129 Å². The second-order valence-electron chi connectivity index (χ2n) is 22.8. The number of alkyl halides is 1. The number of alkyl carbamates (subject to hydrolysis) is 2. The number of rotatable bonds is 23. The number of ether oxygens (including phenoxy) is 5. The molecule has 113 heavy (non-hydrogen) atoms. The summed E-state index contributed by atoms with van der Waals surface area (Å²) in [6.45, 7) is 11.1. The van der Waals surface area contributed by atoms with Gasteiger partial charge in [0.1, 0.15) is 79.8 Å². The van der Waals surface area contributed by atoms with Crippen molar-refractivity contribution < 1.29 is 194 Å². The van der Waals surface area contributed by atoms with Crippen molar-refractivity contribution in [1.29, 1.82) is 0 Å². The van der Waals surface area contributed by atoms with Crippen LogP contribution in [-0.4, -0.2) is 133 Å². The Morgan fingerprint density at radius 3 is 1.05 bits per heavy atom. The monoisotopic (exact) mass is 1880 g/mol. The first kappa shape index (κ1) is 108. The molecule has 0 bridgehead atoms. The first-order valence-electron chi connectivity index (χ1n) is 32.2. The smallest absolute Gasteiger partial charge is 0.508 e. The van der Waals surface area contributed by atoms with Crippen molar-refractivity contribution in [3.05, 3.63) is 238 Å². The van der Waals surface area contributed by atoms with Gasteiger partial charge in [-0.1, -0.05) is 28.1 Å². The number of nitrogens with zero attached hydrogens (tertiary/aromatic N) is 5. The van der Waals surface area contributed by atoms with Gasteiger partial charge in [0.25, 0.3) is 0 Å². The molecule has 10 rings (SSSR count). The van der Waals surface area contributed by atoms with E-state index in [1.54, 1.807) is 153 Å². The van der Waals surface area contributed by atoms with Crippen molar-refractivity contribution >= 4 is 145 Å². The molecule has 0 saturated heterocycles. The van der Waals surface area contributed by atoms with Crippen LogP contribution in [0.5, 0.6) is 28.7 Å². The molecule has 600 valence electrons. The zero-order chi connectivity index (χ0) is 81.1. The van der Waals surface area contributed by atoms with Crippen LogP contribution in [0.4, 0.5) is 31.5 Å². The predicted octanol–water partition coefficient (Wildman–Crippen LogP) is 11.9. The number of hydrogen-bond donors (Lipinski definition) is 8. The van der Waals surface area contributed by atoms with Crippen LogP contribution in [-0.2, 0) is 24.0 Å². The molecule has 10 aromatic rings. The van der Waals surface area contributed by atoms with Gasteiger partial charge in [0.15, 0.2) is 5.29 Å². The number of aromatic nitrogens is 5. The van der Waals surface area contributed by atoms with Gasteiger partial charge in [-0.15, -0.1) is 81.5 Å². The first-order valence-corrected chi connectivity index (χ1v) is 38.0. The summed E-state index contributed by atoms with van der Waals surface area (Å²) in [6.07, 6.45) is 8.11. The Bertz CT molecular complexity index is 4170. The van der Waals surface area contributed by atoms with E-state index in [1.807, 2.05) is 99.7 Å². The van der Waals surface area contributed by atoms with Crippen LogP contribution >= 0.6 is 113 Å². The van der Waals surface area contributed by atoms with E-state index in [-0.39, 0.29) is 192 Å². The molecule has 10 N–H and O–H groups in total. The molecule has 0 aliphatic carbocycles. The summed E-state index contributed by atoms with van der Waals surface area (Å²) in [6, 6.07) is 35.2.